The average molecular weight is 280 g/mol. The second kappa shape index (κ2) is 5.81. The van der Waals surface area contributed by atoms with Gasteiger partial charge in [-0.3, -0.25) is 10.1 Å². The molecule has 20 heavy (non-hydrogen) atoms. The highest BCUT2D eigenvalue weighted by Crippen LogP contribution is 2.34. The molecular formula is C14H24N4O2. The molecular weight excluding hydrogens is 256 g/mol. The molecule has 0 aromatic carbocycles. The molecule has 1 heterocycles. The Morgan fingerprint density at radius 1 is 1.50 bits per heavy atom. The summed E-state index contributed by atoms with van der Waals surface area (Å²) in [6.45, 7) is 8.72. The molecule has 6 nitrogen and oxygen atoms in total. The van der Waals surface area contributed by atoms with E-state index in [1.165, 1.54) is 19.3 Å². The van der Waals surface area contributed by atoms with Crippen LogP contribution in [0.4, 0.5) is 11.5 Å². The topological polar surface area (TPSA) is 73.0 Å². The molecule has 1 fully saturated rings. The summed E-state index contributed by atoms with van der Waals surface area (Å²) in [5.74, 6) is 1.85. The standard InChI is InChI=1S/C14H24N4O2/c1-9(2)17-14(13(18(19)20)11(4)16-17)15-8-12-7-5-6-10(12)3/h9-10,12,15H,5-8H2,1-4H3. The van der Waals surface area contributed by atoms with E-state index in [4.69, 9.17) is 0 Å². The molecule has 1 aliphatic carbocycles. The highest BCUT2D eigenvalue weighted by Gasteiger charge is 2.29. The van der Waals surface area contributed by atoms with Gasteiger partial charge < -0.3 is 5.32 Å². The molecule has 1 aliphatic rings. The van der Waals surface area contributed by atoms with Gasteiger partial charge in [-0.1, -0.05) is 19.8 Å². The van der Waals surface area contributed by atoms with Gasteiger partial charge in [0.2, 0.25) is 5.82 Å². The molecule has 2 unspecified atom stereocenters. The molecule has 0 spiro atoms. The minimum Gasteiger partial charge on any atom is -0.364 e. The first-order valence-electron chi connectivity index (χ1n) is 7.39. The summed E-state index contributed by atoms with van der Waals surface area (Å²) in [5, 5.41) is 18.9. The number of rotatable bonds is 5. The molecule has 2 atom stereocenters. The first-order valence-corrected chi connectivity index (χ1v) is 7.39. The minimum absolute atomic E-state index is 0.103. The van der Waals surface area contributed by atoms with Gasteiger partial charge in [0.1, 0.15) is 5.69 Å². The summed E-state index contributed by atoms with van der Waals surface area (Å²) in [6, 6.07) is 0.103. The van der Waals surface area contributed by atoms with Crippen molar-refractivity contribution in [3.63, 3.8) is 0 Å². The first kappa shape index (κ1) is 14.8. The van der Waals surface area contributed by atoms with E-state index in [2.05, 4.69) is 17.3 Å². The van der Waals surface area contributed by atoms with Crippen LogP contribution in [-0.2, 0) is 0 Å². The lowest BCUT2D eigenvalue weighted by Gasteiger charge is -2.18. The molecule has 112 valence electrons. The first-order chi connectivity index (χ1) is 9.41. The Bertz CT molecular complexity index is 496. The molecule has 0 bridgehead atoms. The molecule has 0 amide bonds. The smallest absolute Gasteiger partial charge is 0.333 e. The summed E-state index contributed by atoms with van der Waals surface area (Å²) in [5.41, 5.74) is 0.593. The molecule has 1 aromatic heterocycles. The summed E-state index contributed by atoms with van der Waals surface area (Å²) in [4.78, 5) is 10.9. The second-order valence-electron chi connectivity index (χ2n) is 6.13. The van der Waals surface area contributed by atoms with Gasteiger partial charge in [0.15, 0.2) is 0 Å². The fourth-order valence-electron chi connectivity index (χ4n) is 3.05. The van der Waals surface area contributed by atoms with Crippen molar-refractivity contribution in [1.29, 1.82) is 0 Å². The van der Waals surface area contributed by atoms with Gasteiger partial charge in [-0.25, -0.2) is 4.68 Å². The maximum Gasteiger partial charge on any atom is 0.333 e. The molecule has 0 radical (unpaired) electrons. The van der Waals surface area contributed by atoms with Crippen LogP contribution in [0.3, 0.4) is 0 Å². The summed E-state index contributed by atoms with van der Waals surface area (Å²) >= 11 is 0. The van der Waals surface area contributed by atoms with E-state index >= 15 is 0 Å². The Morgan fingerprint density at radius 2 is 2.20 bits per heavy atom. The molecule has 1 saturated carbocycles. The molecule has 1 N–H and O–H groups in total. The molecule has 2 rings (SSSR count). The monoisotopic (exact) mass is 280 g/mol. The van der Waals surface area contributed by atoms with Crippen LogP contribution in [0.1, 0.15) is 51.8 Å². The van der Waals surface area contributed by atoms with Crippen LogP contribution in [0.15, 0.2) is 0 Å². The normalized spacial score (nSPS) is 22.4. The predicted molar refractivity (Wildman–Crippen MR) is 79.0 cm³/mol. The number of nitrogens with one attached hydrogen (secondary N) is 1. The Kier molecular flexibility index (Phi) is 4.30. The highest BCUT2D eigenvalue weighted by molar-refractivity contribution is 5.59. The van der Waals surface area contributed by atoms with E-state index in [1.807, 2.05) is 13.8 Å². The Labute approximate surface area is 119 Å². The largest absolute Gasteiger partial charge is 0.364 e. The fourth-order valence-corrected chi connectivity index (χ4v) is 3.05. The van der Waals surface area contributed by atoms with Crippen LogP contribution in [0.25, 0.3) is 0 Å². The number of nitrogens with zero attached hydrogens (tertiary/aromatic N) is 3. The number of nitro groups is 1. The zero-order valence-electron chi connectivity index (χ0n) is 12.7. The molecule has 1 aromatic rings. The van der Waals surface area contributed by atoms with Crippen molar-refractivity contribution in [2.45, 2.75) is 53.0 Å². The van der Waals surface area contributed by atoms with Crippen molar-refractivity contribution >= 4 is 11.5 Å². The third-order valence-corrected chi connectivity index (χ3v) is 4.30. The average Bonchev–Trinajstić information content (AvgIpc) is 2.90. The van der Waals surface area contributed by atoms with Gasteiger partial charge in [-0.15, -0.1) is 0 Å². The maximum atomic E-state index is 11.3. The van der Waals surface area contributed by atoms with E-state index in [9.17, 15) is 10.1 Å². The van der Waals surface area contributed by atoms with Crippen molar-refractivity contribution in [3.05, 3.63) is 15.8 Å². The van der Waals surface area contributed by atoms with Crippen LogP contribution in [0, 0.1) is 28.9 Å². The Morgan fingerprint density at radius 3 is 2.70 bits per heavy atom. The quantitative estimate of drug-likeness (QED) is 0.661. The van der Waals surface area contributed by atoms with Gasteiger partial charge >= 0.3 is 5.69 Å². The van der Waals surface area contributed by atoms with Crippen LogP contribution in [0.5, 0.6) is 0 Å². The minimum atomic E-state index is -0.332. The van der Waals surface area contributed by atoms with E-state index < -0.39 is 0 Å². The lowest BCUT2D eigenvalue weighted by molar-refractivity contribution is -0.384. The second-order valence-corrected chi connectivity index (χ2v) is 6.13. The summed E-state index contributed by atoms with van der Waals surface area (Å²) < 4.78 is 1.73. The highest BCUT2D eigenvalue weighted by atomic mass is 16.6. The van der Waals surface area contributed by atoms with Gasteiger partial charge in [0, 0.05) is 12.6 Å². The number of aryl methyl sites for hydroxylation is 1. The number of aromatic nitrogens is 2. The fraction of sp³-hybridized carbons (Fsp3) is 0.786. The molecule has 0 aliphatic heterocycles. The van der Waals surface area contributed by atoms with E-state index in [1.54, 1.807) is 11.6 Å². The zero-order chi connectivity index (χ0) is 14.9. The summed E-state index contributed by atoms with van der Waals surface area (Å²) in [7, 11) is 0. The van der Waals surface area contributed by atoms with Crippen LogP contribution in [-0.4, -0.2) is 21.2 Å². The Balaban J connectivity index is 2.22. The molecule has 6 heteroatoms. The van der Waals surface area contributed by atoms with Crippen LogP contribution in [0.2, 0.25) is 0 Å². The lowest BCUT2D eigenvalue weighted by atomic mass is 9.98. The SMILES string of the molecule is Cc1nn(C(C)C)c(NCC2CCCC2C)c1[N+](=O)[O-]. The van der Waals surface area contributed by atoms with Gasteiger partial charge in [-0.05, 0) is 39.0 Å². The van der Waals surface area contributed by atoms with E-state index in [-0.39, 0.29) is 16.7 Å². The van der Waals surface area contributed by atoms with Crippen molar-refractivity contribution in [2.24, 2.45) is 11.8 Å². The zero-order valence-corrected chi connectivity index (χ0v) is 12.7. The Hall–Kier alpha value is -1.59. The van der Waals surface area contributed by atoms with Crippen molar-refractivity contribution < 1.29 is 4.92 Å². The third kappa shape index (κ3) is 2.78. The van der Waals surface area contributed by atoms with E-state index in [0.717, 1.165) is 6.54 Å². The van der Waals surface area contributed by atoms with Gasteiger partial charge in [0.05, 0.1) is 4.92 Å². The van der Waals surface area contributed by atoms with Crippen molar-refractivity contribution in [3.8, 4) is 0 Å². The number of hydrogen-bond donors (Lipinski definition) is 1. The molecule has 0 saturated heterocycles. The number of hydrogen-bond acceptors (Lipinski definition) is 4. The predicted octanol–water partition coefficient (Wildman–Crippen LogP) is 3.53. The van der Waals surface area contributed by atoms with Gasteiger partial charge in [0.25, 0.3) is 0 Å². The van der Waals surface area contributed by atoms with Crippen LogP contribution >= 0.6 is 0 Å². The third-order valence-electron chi connectivity index (χ3n) is 4.30. The lowest BCUT2D eigenvalue weighted by Crippen LogP contribution is -2.19. The van der Waals surface area contributed by atoms with E-state index in [0.29, 0.717) is 23.3 Å². The van der Waals surface area contributed by atoms with Crippen molar-refractivity contribution in [1.82, 2.24) is 9.78 Å². The number of anilines is 1. The van der Waals surface area contributed by atoms with Gasteiger partial charge in [-0.2, -0.15) is 5.10 Å². The van der Waals surface area contributed by atoms with Crippen LogP contribution < -0.4 is 5.32 Å². The summed E-state index contributed by atoms with van der Waals surface area (Å²) in [6.07, 6.45) is 3.73. The van der Waals surface area contributed by atoms with Crippen molar-refractivity contribution in [2.75, 3.05) is 11.9 Å². The maximum absolute atomic E-state index is 11.3.